The smallest absolute Gasteiger partial charge is 0.545 e. The van der Waals surface area contributed by atoms with Gasteiger partial charge in [-0.1, -0.05) is 0 Å². The summed E-state index contributed by atoms with van der Waals surface area (Å²) in [6, 6.07) is 0. The van der Waals surface area contributed by atoms with Crippen molar-refractivity contribution in [2.75, 3.05) is 21.3 Å². The molecule has 0 aromatic rings. The number of aliphatic hydroxyl groups excluding tert-OH is 3. The normalized spacial score (nSPS) is 2.00. The predicted molar refractivity (Wildman–Crippen MR) is 85.2 cm³/mol. The molecule has 0 aromatic heterocycles. The van der Waals surface area contributed by atoms with Gasteiger partial charge < -0.3 is 58.5 Å². The molecule has 0 saturated carbocycles. The molecule has 0 spiro atoms. The summed E-state index contributed by atoms with van der Waals surface area (Å²) in [4.78, 5) is 69.8. The Bertz CT molecular complexity index is 66.1. The molecule has 0 amide bonds. The van der Waals surface area contributed by atoms with E-state index in [1.165, 1.54) is 0 Å². The van der Waals surface area contributed by atoms with Gasteiger partial charge in [0.25, 0.3) is 0 Å². The summed E-state index contributed by atoms with van der Waals surface area (Å²) in [5.74, 6) is 0. The Labute approximate surface area is 198 Å². The summed E-state index contributed by atoms with van der Waals surface area (Å²) >= 11 is 0. The maximum atomic E-state index is 7.75. The van der Waals surface area contributed by atoms with Crippen molar-refractivity contribution in [2.24, 2.45) is 0 Å². The van der Waals surface area contributed by atoms with E-state index in [0.717, 1.165) is 21.3 Å². The minimum absolute atomic E-state index is 0. The van der Waals surface area contributed by atoms with E-state index in [1.807, 2.05) is 0 Å². The molecule has 15 heteroatoms. The Balaban J connectivity index is -0.00000000443. The molecule has 0 heterocycles. The average Bonchev–Trinajstić information content (AvgIpc) is 2.84. The van der Waals surface area contributed by atoms with Crippen LogP contribution < -0.4 is 0 Å². The quantitative estimate of drug-likeness (QED) is 0.130. The van der Waals surface area contributed by atoms with Crippen LogP contribution in [0.25, 0.3) is 0 Å². The second-order valence-corrected chi connectivity index (χ2v) is 0. The van der Waals surface area contributed by atoms with Crippen molar-refractivity contribution in [1.82, 2.24) is 0 Å². The molecule has 12 nitrogen and oxygen atoms in total. The third-order valence-electron chi connectivity index (χ3n) is 0. The standard InChI is InChI=1S/3CH4O.9CHO.3Ru/c12*1-2;;;/h3*2H,1H3;9*1H;;;/q;;;9*-1;+2;+3;+4. The summed E-state index contributed by atoms with van der Waals surface area (Å²) in [5.41, 5.74) is 0. The molecule has 0 bridgehead atoms. The Morgan fingerprint density at radius 1 is 0.333 bits per heavy atom. The zero-order valence-electron chi connectivity index (χ0n) is 14.3. The van der Waals surface area contributed by atoms with Gasteiger partial charge in [0, 0.05) is 21.3 Å². The first-order valence-electron chi connectivity index (χ1n) is 3.46. The van der Waals surface area contributed by atoms with Gasteiger partial charge in [0.1, 0.15) is 0 Å². The first-order chi connectivity index (χ1) is 12.0. The van der Waals surface area contributed by atoms with Crippen LogP contribution in [0.2, 0.25) is 0 Å². The van der Waals surface area contributed by atoms with Crippen molar-refractivity contribution < 1.29 is 117 Å². The number of carbonyl (C=O) groups excluding carboxylic acids is 9. The maximum Gasteiger partial charge on any atom is 4.00 e. The Kier molecular flexibility index (Phi) is 47500. The topological polar surface area (TPSA) is 214 Å². The third-order valence-corrected chi connectivity index (χ3v) is 0. The van der Waals surface area contributed by atoms with E-state index in [1.54, 1.807) is 0 Å². The summed E-state index contributed by atoms with van der Waals surface area (Å²) in [6.45, 7) is 29.2. The van der Waals surface area contributed by atoms with E-state index in [-0.39, 0.29) is 58.4 Å². The van der Waals surface area contributed by atoms with Crippen LogP contribution >= 0.6 is 0 Å². The van der Waals surface area contributed by atoms with E-state index in [2.05, 4.69) is 61.1 Å². The fourth-order valence-electron chi connectivity index (χ4n) is 0. The van der Waals surface area contributed by atoms with Crippen molar-refractivity contribution in [3.8, 4) is 0 Å². The van der Waals surface area contributed by atoms with Gasteiger partial charge in [-0.3, -0.25) is 61.1 Å². The van der Waals surface area contributed by atoms with Crippen molar-refractivity contribution in [3.05, 3.63) is 0 Å². The van der Waals surface area contributed by atoms with E-state index >= 15 is 0 Å². The van der Waals surface area contributed by atoms with Crippen LogP contribution in [0.15, 0.2) is 0 Å². The maximum absolute atomic E-state index is 7.75. The zero-order chi connectivity index (χ0) is 24.0. The van der Waals surface area contributed by atoms with Gasteiger partial charge in [-0.15, -0.1) is 0 Å². The monoisotopic (exact) mass is 663 g/mol. The third kappa shape index (κ3) is 8640. The molecule has 0 rings (SSSR count). The van der Waals surface area contributed by atoms with Gasteiger partial charge in [-0.2, -0.15) is 0 Å². The average molecular weight is 660 g/mol. The van der Waals surface area contributed by atoms with Crippen LogP contribution in [0.1, 0.15) is 0 Å². The molecular weight excluding hydrogens is 639 g/mol. The molecule has 0 saturated heterocycles. The Hall–Kier alpha value is -1.22. The number of hydrogen-bond acceptors (Lipinski definition) is 12. The van der Waals surface area contributed by atoms with Gasteiger partial charge in [0.2, 0.25) is 0 Å². The molecule has 0 fully saturated rings. The van der Waals surface area contributed by atoms with Crippen LogP contribution in [-0.2, 0) is 102 Å². The molecular formula is C12H21O12Ru3. The minimum atomic E-state index is 0. The molecule has 0 aliphatic carbocycles. The Morgan fingerprint density at radius 3 is 0.333 bits per heavy atom. The molecule has 0 unspecified atom stereocenters. The van der Waals surface area contributed by atoms with Crippen LogP contribution in [-0.4, -0.2) is 97.8 Å². The van der Waals surface area contributed by atoms with E-state index in [0.29, 0.717) is 0 Å². The van der Waals surface area contributed by atoms with Crippen LogP contribution in [0.4, 0.5) is 0 Å². The molecule has 27 heavy (non-hydrogen) atoms. The van der Waals surface area contributed by atoms with E-state index in [9.17, 15) is 0 Å². The molecule has 165 valence electrons. The number of hydrogen-bond donors (Lipinski definition) is 3. The van der Waals surface area contributed by atoms with Crippen LogP contribution in [0.3, 0.4) is 0 Å². The molecule has 0 atom stereocenters. The molecule has 3 N–H and O–H groups in total. The molecule has 0 aliphatic heterocycles. The van der Waals surface area contributed by atoms with Gasteiger partial charge >= 0.3 is 58.4 Å². The van der Waals surface area contributed by atoms with Crippen LogP contribution in [0.5, 0.6) is 0 Å². The fraction of sp³-hybridized carbons (Fsp3) is 0.250. The van der Waals surface area contributed by atoms with Gasteiger partial charge in [-0.05, 0) is 0 Å². The summed E-state index contributed by atoms with van der Waals surface area (Å²) in [6.07, 6.45) is 0. The molecule has 0 aromatic carbocycles. The summed E-state index contributed by atoms with van der Waals surface area (Å²) in [5, 5.41) is 21.0. The Morgan fingerprint density at radius 2 is 0.333 bits per heavy atom. The zero-order valence-corrected chi connectivity index (χ0v) is 19.5. The SMILES string of the molecule is CO.CO.CO.[CH-]=O.[CH-]=O.[CH-]=O.[CH-]=O.[CH-]=O.[CH-]=O.[CH-]=O.[CH-]=O.[CH-]=O.[Ru+2].[Ru+3].[Ru+4]. The summed E-state index contributed by atoms with van der Waals surface area (Å²) < 4.78 is 0. The predicted octanol–water partition coefficient (Wildman–Crippen LogP) is -3.65. The van der Waals surface area contributed by atoms with Crippen molar-refractivity contribution in [2.45, 2.75) is 0 Å². The first kappa shape index (κ1) is 136. The minimum Gasteiger partial charge on any atom is -0.545 e. The molecule has 0 aliphatic rings. The second kappa shape index (κ2) is 9420. The van der Waals surface area contributed by atoms with Gasteiger partial charge in [-0.25, -0.2) is 0 Å². The number of rotatable bonds is 0. The van der Waals surface area contributed by atoms with E-state index < -0.39 is 0 Å². The van der Waals surface area contributed by atoms with E-state index in [4.69, 9.17) is 58.5 Å². The van der Waals surface area contributed by atoms with Crippen molar-refractivity contribution >= 4 is 61.1 Å². The molecule has 1 radical (unpaired) electrons. The number of aliphatic hydroxyl groups is 3. The second-order valence-electron chi connectivity index (χ2n) is 0. The largest absolute Gasteiger partial charge is 4.00 e. The van der Waals surface area contributed by atoms with Crippen molar-refractivity contribution in [1.29, 1.82) is 0 Å². The first-order valence-corrected chi connectivity index (χ1v) is 3.46. The fourth-order valence-corrected chi connectivity index (χ4v) is 0. The van der Waals surface area contributed by atoms with Crippen molar-refractivity contribution in [3.63, 3.8) is 0 Å². The summed E-state index contributed by atoms with van der Waals surface area (Å²) in [7, 11) is 3.00. The van der Waals surface area contributed by atoms with Gasteiger partial charge in [0.15, 0.2) is 0 Å². The van der Waals surface area contributed by atoms with Gasteiger partial charge in [0.05, 0.1) is 0 Å². The van der Waals surface area contributed by atoms with Crippen LogP contribution in [0, 0.1) is 0 Å².